The number of nitrogens with zero attached hydrogens (tertiary/aromatic N) is 4. The summed E-state index contributed by atoms with van der Waals surface area (Å²) in [5.74, 6) is 1.56. The molecule has 40 heavy (non-hydrogen) atoms. The van der Waals surface area contributed by atoms with E-state index in [1.54, 1.807) is 31.4 Å². The summed E-state index contributed by atoms with van der Waals surface area (Å²) in [6.45, 7) is 5.61. The summed E-state index contributed by atoms with van der Waals surface area (Å²) in [7, 11) is -2.07. The second-order valence-corrected chi connectivity index (χ2v) is 12.6. The van der Waals surface area contributed by atoms with Gasteiger partial charge in [-0.25, -0.2) is 13.4 Å². The van der Waals surface area contributed by atoms with Crippen LogP contribution in [0.15, 0.2) is 47.5 Å². The molecule has 1 atom stereocenters. The number of aromatic nitrogens is 2. The molecule has 214 valence electrons. The minimum absolute atomic E-state index is 0.143. The number of nitrogens with one attached hydrogen (secondary N) is 2. The smallest absolute Gasteiger partial charge is 0.245 e. The van der Waals surface area contributed by atoms with Crippen molar-refractivity contribution in [3.8, 4) is 5.75 Å². The molecule has 2 aromatic carbocycles. The van der Waals surface area contributed by atoms with Crippen LogP contribution in [0.3, 0.4) is 0 Å². The Labute approximate surface area is 240 Å². The number of rotatable bonds is 9. The number of β-amino-alcohol motifs (C(OH)–C–C–N with tert-alkyl or cyclic N) is 1. The molecule has 0 radical (unpaired) electrons. The summed E-state index contributed by atoms with van der Waals surface area (Å²) in [6.07, 6.45) is 4.04. The third kappa shape index (κ3) is 6.18. The zero-order valence-corrected chi connectivity index (χ0v) is 24.3. The van der Waals surface area contributed by atoms with Crippen molar-refractivity contribution >= 4 is 44.8 Å². The van der Waals surface area contributed by atoms with E-state index in [1.807, 2.05) is 6.07 Å². The number of para-hydroxylation sites is 1. The van der Waals surface area contributed by atoms with Gasteiger partial charge in [0.1, 0.15) is 15.7 Å². The van der Waals surface area contributed by atoms with Crippen molar-refractivity contribution in [2.45, 2.75) is 31.1 Å². The number of aliphatic hydroxyl groups is 1. The van der Waals surface area contributed by atoms with E-state index < -0.39 is 10.0 Å². The Hall–Kier alpha value is -2.96. The van der Waals surface area contributed by atoms with Crippen LogP contribution < -0.4 is 15.4 Å². The molecular formula is C28H35ClN6O4S. The van der Waals surface area contributed by atoms with Gasteiger partial charge in [0.05, 0.1) is 31.3 Å². The highest BCUT2D eigenvalue weighted by Crippen LogP contribution is 2.35. The summed E-state index contributed by atoms with van der Waals surface area (Å²) >= 11 is 6.45. The van der Waals surface area contributed by atoms with E-state index in [-0.39, 0.29) is 28.3 Å². The fourth-order valence-electron chi connectivity index (χ4n) is 5.24. The Kier molecular flexibility index (Phi) is 8.77. The van der Waals surface area contributed by atoms with E-state index in [0.717, 1.165) is 38.0 Å². The molecule has 0 aliphatic carbocycles. The van der Waals surface area contributed by atoms with Crippen molar-refractivity contribution in [3.63, 3.8) is 0 Å². The van der Waals surface area contributed by atoms with Crippen LogP contribution in [0, 0.1) is 5.92 Å². The highest BCUT2D eigenvalue weighted by molar-refractivity contribution is 7.89. The molecule has 1 aromatic heterocycles. The van der Waals surface area contributed by atoms with Gasteiger partial charge in [-0.1, -0.05) is 30.7 Å². The van der Waals surface area contributed by atoms with Gasteiger partial charge < -0.3 is 25.4 Å². The van der Waals surface area contributed by atoms with Crippen molar-refractivity contribution in [1.29, 1.82) is 0 Å². The molecule has 1 saturated heterocycles. The number of benzene rings is 2. The van der Waals surface area contributed by atoms with Crippen LogP contribution in [0.1, 0.15) is 24.5 Å². The monoisotopic (exact) mass is 586 g/mol. The van der Waals surface area contributed by atoms with Gasteiger partial charge in [-0.05, 0) is 60.6 Å². The van der Waals surface area contributed by atoms with Crippen LogP contribution in [-0.2, 0) is 22.9 Å². The van der Waals surface area contributed by atoms with Gasteiger partial charge in [0.15, 0.2) is 5.82 Å². The average molecular weight is 587 g/mol. The van der Waals surface area contributed by atoms with Gasteiger partial charge in [-0.15, -0.1) is 0 Å². The molecule has 0 saturated carbocycles. The summed E-state index contributed by atoms with van der Waals surface area (Å²) in [5, 5.41) is 16.0. The molecule has 3 heterocycles. The largest absolute Gasteiger partial charge is 0.495 e. The molecule has 2 aliphatic rings. The van der Waals surface area contributed by atoms with Gasteiger partial charge in [-0.3, -0.25) is 0 Å². The molecule has 12 heteroatoms. The van der Waals surface area contributed by atoms with Crippen LogP contribution in [0.5, 0.6) is 5.75 Å². The van der Waals surface area contributed by atoms with Gasteiger partial charge >= 0.3 is 0 Å². The zero-order valence-electron chi connectivity index (χ0n) is 22.7. The number of fused-ring (bicyclic) bond motifs is 1. The first-order valence-electron chi connectivity index (χ1n) is 13.5. The minimum atomic E-state index is -3.69. The van der Waals surface area contributed by atoms with E-state index >= 15 is 0 Å². The lowest BCUT2D eigenvalue weighted by Gasteiger charge is -2.19. The molecule has 3 N–H and O–H groups in total. The predicted octanol–water partition coefficient (Wildman–Crippen LogP) is 4.05. The highest BCUT2D eigenvalue weighted by Gasteiger charge is 2.32. The quantitative estimate of drug-likeness (QED) is 0.341. The first kappa shape index (κ1) is 28.6. The summed E-state index contributed by atoms with van der Waals surface area (Å²) in [6, 6.07) is 10.9. The lowest BCUT2D eigenvalue weighted by atomic mass is 10.0. The first-order valence-corrected chi connectivity index (χ1v) is 15.3. The lowest BCUT2D eigenvalue weighted by molar-refractivity contribution is 0.201. The number of sulfonamides is 1. The normalized spacial score (nSPS) is 18.2. The van der Waals surface area contributed by atoms with Crippen molar-refractivity contribution in [1.82, 2.24) is 19.2 Å². The van der Waals surface area contributed by atoms with Crippen LogP contribution in [0.2, 0.25) is 5.02 Å². The van der Waals surface area contributed by atoms with E-state index in [1.165, 1.54) is 21.6 Å². The Morgan fingerprint density at radius 2 is 1.85 bits per heavy atom. The number of halogens is 1. The van der Waals surface area contributed by atoms with Gasteiger partial charge in [0.2, 0.25) is 16.0 Å². The number of hydrogen-bond donors (Lipinski definition) is 3. The predicted molar refractivity (Wildman–Crippen MR) is 157 cm³/mol. The molecule has 0 spiro atoms. The number of aliphatic hydroxyl groups excluding tert-OH is 1. The number of ether oxygens (including phenoxy) is 1. The van der Waals surface area contributed by atoms with Crippen LogP contribution in [0.25, 0.3) is 0 Å². The number of hydrogen-bond acceptors (Lipinski definition) is 9. The van der Waals surface area contributed by atoms with Gasteiger partial charge in [-0.2, -0.15) is 9.29 Å². The highest BCUT2D eigenvalue weighted by atomic mass is 35.5. The maximum Gasteiger partial charge on any atom is 0.245 e. The molecule has 3 aromatic rings. The molecule has 1 fully saturated rings. The van der Waals surface area contributed by atoms with Crippen molar-refractivity contribution < 1.29 is 18.3 Å². The Bertz CT molecular complexity index is 1470. The Balaban J connectivity index is 1.40. The maximum absolute atomic E-state index is 13.4. The van der Waals surface area contributed by atoms with E-state index in [9.17, 15) is 13.5 Å². The van der Waals surface area contributed by atoms with Crippen LogP contribution >= 0.6 is 11.6 Å². The zero-order chi connectivity index (χ0) is 28.3. The van der Waals surface area contributed by atoms with Crippen molar-refractivity contribution in [2.75, 3.05) is 57.1 Å². The summed E-state index contributed by atoms with van der Waals surface area (Å²) in [5.41, 5.74) is 3.53. The lowest BCUT2D eigenvalue weighted by Crippen LogP contribution is -2.29. The van der Waals surface area contributed by atoms with E-state index in [2.05, 4.69) is 38.5 Å². The van der Waals surface area contributed by atoms with Gasteiger partial charge in [0, 0.05) is 32.7 Å². The molecule has 0 amide bonds. The molecule has 10 nitrogen and oxygen atoms in total. The molecule has 5 rings (SSSR count). The molecule has 2 aliphatic heterocycles. The van der Waals surface area contributed by atoms with E-state index in [4.69, 9.17) is 16.3 Å². The third-order valence-corrected chi connectivity index (χ3v) is 9.67. The van der Waals surface area contributed by atoms with Crippen LogP contribution in [-0.4, -0.2) is 79.1 Å². The fourth-order valence-corrected chi connectivity index (χ4v) is 7.10. The van der Waals surface area contributed by atoms with E-state index in [0.29, 0.717) is 37.0 Å². The average Bonchev–Trinajstić information content (AvgIpc) is 3.30. The van der Waals surface area contributed by atoms with Crippen LogP contribution in [0.4, 0.5) is 23.1 Å². The second-order valence-electron chi connectivity index (χ2n) is 10.3. The SMILES string of the molecule is COc1cc2c(cc1Nc1ncc(Cl)c(Nc3ccccc3S(=O)(=O)N3CC[C@H](C)C3)n1)CCN(CCO)CC2. The topological polar surface area (TPSA) is 120 Å². The molecular weight excluding hydrogens is 552 g/mol. The van der Waals surface area contributed by atoms with Crippen molar-refractivity contribution in [2.24, 2.45) is 5.92 Å². The first-order chi connectivity index (χ1) is 19.3. The molecule has 0 unspecified atom stereocenters. The standard InChI is InChI=1S/C28H35ClN6O4S/c1-19-7-12-35(18-19)40(37,38)26-6-4-3-5-23(26)31-27-22(29)17-30-28(33-27)32-24-15-20-8-10-34(13-14-36)11-9-21(20)16-25(24)39-2/h3-6,15-17,19,36H,7-14,18H2,1-2H3,(H2,30,31,32,33)/t19-/m0/s1. The van der Waals surface area contributed by atoms with Crippen molar-refractivity contribution in [3.05, 3.63) is 58.7 Å². The number of anilines is 4. The fraction of sp³-hybridized carbons (Fsp3) is 0.429. The Morgan fingerprint density at radius 1 is 1.10 bits per heavy atom. The maximum atomic E-state index is 13.4. The number of methoxy groups -OCH3 is 1. The summed E-state index contributed by atoms with van der Waals surface area (Å²) < 4.78 is 34.1. The Morgan fingerprint density at radius 3 is 2.55 bits per heavy atom. The minimum Gasteiger partial charge on any atom is -0.495 e. The summed E-state index contributed by atoms with van der Waals surface area (Å²) in [4.78, 5) is 11.4. The third-order valence-electron chi connectivity index (χ3n) is 7.47. The molecule has 0 bridgehead atoms. The second kappa shape index (κ2) is 12.3. The van der Waals surface area contributed by atoms with Gasteiger partial charge in [0.25, 0.3) is 0 Å².